The third-order valence-electron chi connectivity index (χ3n) is 7.89. The van der Waals surface area contributed by atoms with Gasteiger partial charge in [0.05, 0.1) is 0 Å². The zero-order valence-electron chi connectivity index (χ0n) is 17.9. The van der Waals surface area contributed by atoms with Crippen molar-refractivity contribution in [3.05, 3.63) is 0 Å². The van der Waals surface area contributed by atoms with E-state index in [4.69, 9.17) is 0 Å². The molecule has 1 N–H and O–H groups in total. The average Bonchev–Trinajstić information content (AvgIpc) is 2.57. The minimum absolute atomic E-state index is 0.300. The third kappa shape index (κ3) is 7.42. The summed E-state index contributed by atoms with van der Waals surface area (Å²) in [7, 11) is 0. The minimum atomic E-state index is 0.300. The van der Waals surface area contributed by atoms with Crippen LogP contribution in [0.25, 0.3) is 0 Å². The van der Waals surface area contributed by atoms with Crippen molar-refractivity contribution in [1.29, 1.82) is 0 Å². The van der Waals surface area contributed by atoms with Crippen LogP contribution in [0.15, 0.2) is 0 Å². The summed E-state index contributed by atoms with van der Waals surface area (Å²) in [6.45, 7) is 0. The molecule has 2 nitrogen and oxygen atoms in total. The Morgan fingerprint density at radius 3 is 1.41 bits per heavy atom. The van der Waals surface area contributed by atoms with Gasteiger partial charge in [0.2, 0.25) is 5.91 Å². The van der Waals surface area contributed by atoms with Crippen LogP contribution >= 0.6 is 0 Å². The fourth-order valence-electron chi connectivity index (χ4n) is 6.15. The van der Waals surface area contributed by atoms with E-state index in [-0.39, 0.29) is 0 Å². The monoisotopic (exact) mass is 375 g/mol. The van der Waals surface area contributed by atoms with Gasteiger partial charge in [-0.05, 0) is 37.5 Å². The molecule has 0 saturated heterocycles. The average molecular weight is 376 g/mol. The first-order valence-electron chi connectivity index (χ1n) is 12.6. The van der Waals surface area contributed by atoms with Crippen LogP contribution in [-0.4, -0.2) is 11.9 Å². The maximum absolute atomic E-state index is 12.9. The van der Waals surface area contributed by atoms with E-state index in [0.717, 1.165) is 24.7 Å². The first kappa shape index (κ1) is 21.2. The number of nitrogens with one attached hydrogen (secondary N) is 1. The lowest BCUT2D eigenvalue weighted by atomic mass is 9.74. The molecule has 0 bridgehead atoms. The van der Waals surface area contributed by atoms with E-state index >= 15 is 0 Å². The van der Waals surface area contributed by atoms with Crippen LogP contribution in [0.1, 0.15) is 128 Å². The summed E-state index contributed by atoms with van der Waals surface area (Å²) in [5, 5.41) is 3.46. The molecule has 3 fully saturated rings. The van der Waals surface area contributed by atoms with E-state index in [0.29, 0.717) is 17.9 Å². The topological polar surface area (TPSA) is 29.1 Å². The lowest BCUT2D eigenvalue weighted by Gasteiger charge is -2.32. The molecule has 2 heteroatoms. The lowest BCUT2D eigenvalue weighted by Crippen LogP contribution is -2.39. The Morgan fingerprint density at radius 1 is 0.481 bits per heavy atom. The van der Waals surface area contributed by atoms with Crippen molar-refractivity contribution in [3.63, 3.8) is 0 Å². The van der Waals surface area contributed by atoms with Crippen molar-refractivity contribution < 1.29 is 4.79 Å². The Morgan fingerprint density at radius 2 is 0.889 bits per heavy atom. The molecule has 27 heavy (non-hydrogen) atoms. The van der Waals surface area contributed by atoms with E-state index in [1.54, 1.807) is 0 Å². The molecule has 0 aromatic heterocycles. The highest BCUT2D eigenvalue weighted by Gasteiger charge is 2.27. The molecule has 3 rings (SSSR count). The number of hydrogen-bond acceptors (Lipinski definition) is 1. The Bertz CT molecular complexity index is 395. The Hall–Kier alpha value is -0.530. The first-order chi connectivity index (χ1) is 13.3. The van der Waals surface area contributed by atoms with Crippen molar-refractivity contribution in [2.75, 3.05) is 0 Å². The molecule has 0 radical (unpaired) electrons. The first-order valence-corrected chi connectivity index (χ1v) is 12.6. The summed E-state index contributed by atoms with van der Waals surface area (Å²) in [4.78, 5) is 12.9. The second-order valence-corrected chi connectivity index (χ2v) is 9.97. The molecule has 0 heterocycles. The summed E-state index contributed by atoms with van der Waals surface area (Å²) in [6.07, 6.45) is 27.1. The molecular formula is C25H45NO. The molecule has 0 aliphatic heterocycles. The Kier molecular flexibility index (Phi) is 9.51. The molecule has 0 atom stereocenters. The smallest absolute Gasteiger partial charge is 0.223 e. The van der Waals surface area contributed by atoms with Gasteiger partial charge in [-0.25, -0.2) is 0 Å². The molecule has 0 spiro atoms. The largest absolute Gasteiger partial charge is 0.353 e. The maximum atomic E-state index is 12.9. The number of carbonyl (C=O) groups excluding carboxylic acids is 1. The van der Waals surface area contributed by atoms with Crippen LogP contribution in [0.3, 0.4) is 0 Å². The normalized spacial score (nSPS) is 30.8. The van der Waals surface area contributed by atoms with E-state index < -0.39 is 0 Å². The molecule has 0 aromatic rings. The molecule has 3 aliphatic carbocycles. The number of carbonyl (C=O) groups is 1. The van der Waals surface area contributed by atoms with E-state index in [1.165, 1.54) is 116 Å². The van der Waals surface area contributed by atoms with Gasteiger partial charge in [0.15, 0.2) is 0 Å². The predicted molar refractivity (Wildman–Crippen MR) is 115 cm³/mol. The molecule has 3 aliphatic rings. The van der Waals surface area contributed by atoms with Crippen molar-refractivity contribution in [3.8, 4) is 0 Å². The standard InChI is InChI=1S/C25H45NO/c27-25(26-24-19-9-5-2-6-10-20-24)23-17-11-15-22(16-12-18-23)21-13-7-3-1-4-8-14-21/h21-24H,1-20H2,(H,26,27). The SMILES string of the molecule is O=C(NC1CCCCCCC1)C1CCCC(C2CCCCCCC2)CCC1. The zero-order chi connectivity index (χ0) is 18.7. The van der Waals surface area contributed by atoms with Crippen LogP contribution in [0.2, 0.25) is 0 Å². The van der Waals surface area contributed by atoms with Gasteiger partial charge in [0.25, 0.3) is 0 Å². The minimum Gasteiger partial charge on any atom is -0.353 e. The van der Waals surface area contributed by atoms with E-state index in [1.807, 2.05) is 0 Å². The molecule has 0 unspecified atom stereocenters. The van der Waals surface area contributed by atoms with Gasteiger partial charge in [-0.2, -0.15) is 0 Å². The van der Waals surface area contributed by atoms with Crippen LogP contribution in [0.5, 0.6) is 0 Å². The summed E-state index contributed by atoms with van der Waals surface area (Å²) < 4.78 is 0. The summed E-state index contributed by atoms with van der Waals surface area (Å²) >= 11 is 0. The molecule has 0 aromatic carbocycles. The molecular weight excluding hydrogens is 330 g/mol. The van der Waals surface area contributed by atoms with Crippen molar-refractivity contribution >= 4 is 5.91 Å². The summed E-state index contributed by atoms with van der Waals surface area (Å²) in [5.74, 6) is 2.64. The van der Waals surface area contributed by atoms with Crippen LogP contribution in [0.4, 0.5) is 0 Å². The summed E-state index contributed by atoms with van der Waals surface area (Å²) in [5.41, 5.74) is 0. The lowest BCUT2D eigenvalue weighted by molar-refractivity contribution is -0.126. The number of rotatable bonds is 3. The Balaban J connectivity index is 1.42. The molecule has 3 saturated carbocycles. The van der Waals surface area contributed by atoms with Gasteiger partial charge in [-0.3, -0.25) is 4.79 Å². The van der Waals surface area contributed by atoms with Gasteiger partial charge in [0, 0.05) is 12.0 Å². The zero-order valence-corrected chi connectivity index (χ0v) is 17.9. The number of amides is 1. The second-order valence-electron chi connectivity index (χ2n) is 9.97. The highest BCUT2D eigenvalue weighted by atomic mass is 16.1. The van der Waals surface area contributed by atoms with Crippen LogP contribution < -0.4 is 5.32 Å². The van der Waals surface area contributed by atoms with Crippen LogP contribution in [0, 0.1) is 17.8 Å². The van der Waals surface area contributed by atoms with Gasteiger partial charge in [-0.15, -0.1) is 0 Å². The van der Waals surface area contributed by atoms with Crippen molar-refractivity contribution in [2.24, 2.45) is 17.8 Å². The van der Waals surface area contributed by atoms with Crippen molar-refractivity contribution in [2.45, 2.75) is 134 Å². The predicted octanol–water partition coefficient (Wildman–Crippen LogP) is 7.16. The number of hydrogen-bond donors (Lipinski definition) is 1. The molecule has 1 amide bonds. The van der Waals surface area contributed by atoms with Gasteiger partial charge < -0.3 is 5.32 Å². The Labute approximate surface area is 168 Å². The van der Waals surface area contributed by atoms with Crippen LogP contribution in [-0.2, 0) is 4.79 Å². The molecule has 156 valence electrons. The fraction of sp³-hybridized carbons (Fsp3) is 0.960. The van der Waals surface area contributed by atoms with Gasteiger partial charge >= 0.3 is 0 Å². The summed E-state index contributed by atoms with van der Waals surface area (Å²) in [6, 6.07) is 0.464. The fourth-order valence-corrected chi connectivity index (χ4v) is 6.15. The van der Waals surface area contributed by atoms with E-state index in [2.05, 4.69) is 5.32 Å². The third-order valence-corrected chi connectivity index (χ3v) is 7.89. The van der Waals surface area contributed by atoms with Crippen molar-refractivity contribution in [1.82, 2.24) is 5.32 Å². The van der Waals surface area contributed by atoms with Gasteiger partial charge in [0.1, 0.15) is 0 Å². The quantitative estimate of drug-likeness (QED) is 0.557. The highest BCUT2D eigenvalue weighted by molar-refractivity contribution is 5.78. The second kappa shape index (κ2) is 12.1. The van der Waals surface area contributed by atoms with Gasteiger partial charge in [-0.1, -0.05) is 103 Å². The maximum Gasteiger partial charge on any atom is 0.223 e. The van der Waals surface area contributed by atoms with E-state index in [9.17, 15) is 4.79 Å². The highest BCUT2D eigenvalue weighted by Crippen LogP contribution is 2.37.